The van der Waals surface area contributed by atoms with Crippen molar-refractivity contribution < 1.29 is 0 Å². The van der Waals surface area contributed by atoms with Gasteiger partial charge in [-0.15, -0.1) is 0 Å². The van der Waals surface area contributed by atoms with Gasteiger partial charge in [0.05, 0.1) is 9.26 Å². The fourth-order valence-electron chi connectivity index (χ4n) is 1.94. The second-order valence-corrected chi connectivity index (χ2v) is 5.01. The Morgan fingerprint density at radius 1 is 1.31 bits per heavy atom. The number of aromatic nitrogens is 2. The van der Waals surface area contributed by atoms with Gasteiger partial charge in [-0.3, -0.25) is 0 Å². The summed E-state index contributed by atoms with van der Waals surface area (Å²) in [6.07, 6.45) is 3.47. The van der Waals surface area contributed by atoms with Gasteiger partial charge in [0.1, 0.15) is 5.82 Å². The molecule has 1 N–H and O–H groups in total. The van der Waals surface area contributed by atoms with Crippen LogP contribution in [0.1, 0.15) is 25.5 Å². The molecule has 1 aliphatic rings. The molecule has 1 aromatic heterocycles. The Labute approximate surface area is 110 Å². The van der Waals surface area contributed by atoms with Crippen LogP contribution in [0.5, 0.6) is 0 Å². The molecule has 0 radical (unpaired) electrons. The van der Waals surface area contributed by atoms with Crippen LogP contribution in [0.3, 0.4) is 0 Å². The topological polar surface area (TPSA) is 41.1 Å². The largest absolute Gasteiger partial charge is 0.372 e. The first-order chi connectivity index (χ1) is 7.76. The van der Waals surface area contributed by atoms with Crippen molar-refractivity contribution in [1.29, 1.82) is 0 Å². The Hall–Kier alpha value is -0.590. The van der Waals surface area contributed by atoms with E-state index in [1.807, 2.05) is 7.05 Å². The first kappa shape index (κ1) is 11.9. The molecule has 1 saturated heterocycles. The Kier molecular flexibility index (Phi) is 3.83. The van der Waals surface area contributed by atoms with Crippen LogP contribution in [0.4, 0.5) is 11.8 Å². The van der Waals surface area contributed by atoms with E-state index < -0.39 is 0 Å². The van der Waals surface area contributed by atoms with Crippen LogP contribution in [0.25, 0.3) is 0 Å². The van der Waals surface area contributed by atoms with Gasteiger partial charge < -0.3 is 10.2 Å². The number of anilines is 2. The van der Waals surface area contributed by atoms with Gasteiger partial charge in [-0.2, -0.15) is 4.98 Å². The van der Waals surface area contributed by atoms with Crippen molar-refractivity contribution >= 4 is 34.4 Å². The lowest BCUT2D eigenvalue weighted by Crippen LogP contribution is -2.22. The molecule has 4 nitrogen and oxygen atoms in total. The van der Waals surface area contributed by atoms with Gasteiger partial charge in [-0.1, -0.05) is 6.92 Å². The van der Waals surface area contributed by atoms with E-state index in [2.05, 4.69) is 49.7 Å². The Balaban J connectivity index is 2.37. The minimum atomic E-state index is 0.888. The Bertz CT molecular complexity index is 349. The summed E-state index contributed by atoms with van der Waals surface area (Å²) in [6, 6.07) is 0. The molecule has 0 amide bonds. The first-order valence-corrected chi connectivity index (χ1v) is 6.83. The van der Waals surface area contributed by atoms with E-state index in [9.17, 15) is 0 Å². The smallest absolute Gasteiger partial charge is 0.227 e. The summed E-state index contributed by atoms with van der Waals surface area (Å²) in [5.41, 5.74) is 1.14. The van der Waals surface area contributed by atoms with E-state index in [0.717, 1.165) is 40.5 Å². The van der Waals surface area contributed by atoms with E-state index >= 15 is 0 Å². The third kappa shape index (κ3) is 2.23. The highest BCUT2D eigenvalue weighted by molar-refractivity contribution is 14.1. The predicted molar refractivity (Wildman–Crippen MR) is 75.1 cm³/mol. The van der Waals surface area contributed by atoms with Crippen LogP contribution in [0.2, 0.25) is 0 Å². The van der Waals surface area contributed by atoms with Crippen molar-refractivity contribution in [1.82, 2.24) is 9.97 Å². The molecule has 0 aliphatic carbocycles. The summed E-state index contributed by atoms with van der Waals surface area (Å²) in [6.45, 7) is 4.32. The van der Waals surface area contributed by atoms with Crippen LogP contribution >= 0.6 is 22.6 Å². The van der Waals surface area contributed by atoms with Crippen molar-refractivity contribution in [3.63, 3.8) is 0 Å². The van der Waals surface area contributed by atoms with Crippen LogP contribution < -0.4 is 10.2 Å². The molecule has 0 unspecified atom stereocenters. The van der Waals surface area contributed by atoms with Gasteiger partial charge in [0.15, 0.2) is 0 Å². The summed E-state index contributed by atoms with van der Waals surface area (Å²) >= 11 is 2.31. The number of aryl methyl sites for hydroxylation is 1. The third-order valence-electron chi connectivity index (χ3n) is 2.87. The van der Waals surface area contributed by atoms with E-state index in [1.165, 1.54) is 12.8 Å². The highest BCUT2D eigenvalue weighted by atomic mass is 127. The van der Waals surface area contributed by atoms with Gasteiger partial charge in [0.25, 0.3) is 0 Å². The predicted octanol–water partition coefficient (Wildman–Crippen LogP) is 2.29. The van der Waals surface area contributed by atoms with E-state index in [4.69, 9.17) is 0 Å². The first-order valence-electron chi connectivity index (χ1n) is 5.75. The Morgan fingerprint density at radius 3 is 2.56 bits per heavy atom. The fourth-order valence-corrected chi connectivity index (χ4v) is 2.83. The maximum absolute atomic E-state index is 4.65. The molecule has 2 heterocycles. The van der Waals surface area contributed by atoms with Crippen molar-refractivity contribution in [3.05, 3.63) is 9.26 Å². The molecule has 16 heavy (non-hydrogen) atoms. The summed E-state index contributed by atoms with van der Waals surface area (Å²) in [5.74, 6) is 1.84. The molecule has 2 rings (SSSR count). The molecule has 1 aromatic rings. The maximum Gasteiger partial charge on any atom is 0.227 e. The molecule has 1 aliphatic heterocycles. The summed E-state index contributed by atoms with van der Waals surface area (Å²) in [5, 5.41) is 3.15. The molecule has 0 bridgehead atoms. The van der Waals surface area contributed by atoms with Gasteiger partial charge in [0.2, 0.25) is 5.95 Å². The zero-order chi connectivity index (χ0) is 11.5. The lowest BCUT2D eigenvalue weighted by Gasteiger charge is -2.18. The lowest BCUT2D eigenvalue weighted by molar-refractivity contribution is 0.871. The van der Waals surface area contributed by atoms with Crippen molar-refractivity contribution in [2.45, 2.75) is 26.2 Å². The van der Waals surface area contributed by atoms with Crippen molar-refractivity contribution in [2.75, 3.05) is 30.4 Å². The van der Waals surface area contributed by atoms with Crippen LogP contribution in [-0.2, 0) is 6.42 Å². The van der Waals surface area contributed by atoms with E-state index in [1.54, 1.807) is 0 Å². The second-order valence-electron chi connectivity index (χ2n) is 3.93. The highest BCUT2D eigenvalue weighted by Crippen LogP contribution is 2.24. The van der Waals surface area contributed by atoms with Gasteiger partial charge >= 0.3 is 0 Å². The molecule has 0 spiro atoms. The van der Waals surface area contributed by atoms with Crippen LogP contribution in [-0.4, -0.2) is 30.1 Å². The average Bonchev–Trinajstić information content (AvgIpc) is 2.83. The quantitative estimate of drug-likeness (QED) is 0.863. The molecule has 0 atom stereocenters. The molecule has 1 fully saturated rings. The molecule has 0 aromatic carbocycles. The normalized spacial score (nSPS) is 15.6. The van der Waals surface area contributed by atoms with Gasteiger partial charge in [0, 0.05) is 20.1 Å². The number of nitrogens with one attached hydrogen (secondary N) is 1. The number of hydrogen-bond donors (Lipinski definition) is 1. The Morgan fingerprint density at radius 2 is 2.00 bits per heavy atom. The number of nitrogens with zero attached hydrogens (tertiary/aromatic N) is 3. The second kappa shape index (κ2) is 5.16. The molecular formula is C11H17IN4. The number of rotatable bonds is 3. The minimum Gasteiger partial charge on any atom is -0.372 e. The van der Waals surface area contributed by atoms with Gasteiger partial charge in [-0.25, -0.2) is 4.98 Å². The van der Waals surface area contributed by atoms with Gasteiger partial charge in [-0.05, 0) is 41.9 Å². The van der Waals surface area contributed by atoms with E-state index in [0.29, 0.717) is 0 Å². The highest BCUT2D eigenvalue weighted by Gasteiger charge is 2.18. The fraction of sp³-hybridized carbons (Fsp3) is 0.636. The zero-order valence-electron chi connectivity index (χ0n) is 9.76. The molecule has 0 saturated carbocycles. The SMILES string of the molecule is CCc1nc(N2CCCC2)nc(NC)c1I. The summed E-state index contributed by atoms with van der Waals surface area (Å²) in [7, 11) is 1.91. The monoisotopic (exact) mass is 332 g/mol. The number of hydrogen-bond acceptors (Lipinski definition) is 4. The molecule has 5 heteroatoms. The average molecular weight is 332 g/mol. The lowest BCUT2D eigenvalue weighted by atomic mass is 10.3. The van der Waals surface area contributed by atoms with Crippen molar-refractivity contribution in [2.24, 2.45) is 0 Å². The maximum atomic E-state index is 4.65. The molecule has 88 valence electrons. The third-order valence-corrected chi connectivity index (χ3v) is 4.00. The van der Waals surface area contributed by atoms with Crippen LogP contribution in [0.15, 0.2) is 0 Å². The summed E-state index contributed by atoms with van der Waals surface area (Å²) < 4.78 is 1.14. The van der Waals surface area contributed by atoms with Crippen LogP contribution in [0, 0.1) is 3.57 Å². The minimum absolute atomic E-state index is 0.888. The van der Waals surface area contributed by atoms with Crippen molar-refractivity contribution in [3.8, 4) is 0 Å². The number of halogens is 1. The zero-order valence-corrected chi connectivity index (χ0v) is 11.9. The summed E-state index contributed by atoms with van der Waals surface area (Å²) in [4.78, 5) is 11.5. The molecular weight excluding hydrogens is 315 g/mol. The van der Waals surface area contributed by atoms with E-state index in [-0.39, 0.29) is 0 Å². The standard InChI is InChI=1S/C11H17IN4/c1-3-8-9(12)10(13-2)15-11(14-8)16-6-4-5-7-16/h3-7H2,1-2H3,(H,13,14,15).